The highest BCUT2D eigenvalue weighted by Crippen LogP contribution is 2.38. The lowest BCUT2D eigenvalue weighted by atomic mass is 9.97. The second-order valence-corrected chi connectivity index (χ2v) is 7.23. The van der Waals surface area contributed by atoms with Gasteiger partial charge < -0.3 is 10.1 Å². The molecule has 0 aromatic heterocycles. The summed E-state index contributed by atoms with van der Waals surface area (Å²) in [4.78, 5) is 12.5. The van der Waals surface area contributed by atoms with Crippen LogP contribution in [0.2, 0.25) is 0 Å². The van der Waals surface area contributed by atoms with Crippen molar-refractivity contribution in [2.24, 2.45) is 0 Å². The van der Waals surface area contributed by atoms with E-state index in [0.29, 0.717) is 5.57 Å². The summed E-state index contributed by atoms with van der Waals surface area (Å²) in [7, 11) is 4.43. The van der Waals surface area contributed by atoms with Gasteiger partial charge >= 0.3 is 0 Å². The van der Waals surface area contributed by atoms with Crippen LogP contribution >= 0.6 is 9.24 Å². The Balaban J connectivity index is 1.84. The standard InChI is InChI=1S/C23H20NO2P/c1-14-6-8-15(9-7-14)12-18-17-13-16(10-11-19(17)24-23(18)25)22-20(26-2)4-3-5-21(22)27/h3-13H,27H2,1-2H3,(H,24,25)/b18-12+. The summed E-state index contributed by atoms with van der Waals surface area (Å²) in [6.07, 6.45) is 1.94. The second-order valence-electron chi connectivity index (χ2n) is 6.61. The third-order valence-electron chi connectivity index (χ3n) is 4.76. The van der Waals surface area contributed by atoms with E-state index < -0.39 is 0 Å². The molecule has 1 aliphatic rings. The number of hydrogen-bond acceptors (Lipinski definition) is 2. The van der Waals surface area contributed by atoms with E-state index in [1.165, 1.54) is 5.56 Å². The lowest BCUT2D eigenvalue weighted by molar-refractivity contribution is -0.110. The van der Waals surface area contributed by atoms with Crippen LogP contribution in [0.1, 0.15) is 16.7 Å². The molecule has 3 aromatic carbocycles. The van der Waals surface area contributed by atoms with Gasteiger partial charge in [-0.2, -0.15) is 0 Å². The second kappa shape index (κ2) is 7.02. The molecule has 1 N–H and O–H groups in total. The van der Waals surface area contributed by atoms with E-state index in [1.54, 1.807) is 7.11 Å². The highest BCUT2D eigenvalue weighted by molar-refractivity contribution is 7.28. The largest absolute Gasteiger partial charge is 0.496 e. The maximum absolute atomic E-state index is 12.5. The first-order chi connectivity index (χ1) is 13.1. The Morgan fingerprint density at radius 1 is 1.04 bits per heavy atom. The number of benzene rings is 3. The molecular weight excluding hydrogens is 353 g/mol. The van der Waals surface area contributed by atoms with Crippen LogP contribution in [-0.2, 0) is 4.79 Å². The van der Waals surface area contributed by atoms with Crippen molar-refractivity contribution in [2.45, 2.75) is 6.92 Å². The molecule has 4 rings (SSSR count). The zero-order valence-corrected chi connectivity index (χ0v) is 16.4. The first kappa shape index (κ1) is 17.5. The van der Waals surface area contributed by atoms with Gasteiger partial charge in [0.05, 0.1) is 7.11 Å². The van der Waals surface area contributed by atoms with Crippen molar-refractivity contribution >= 4 is 37.8 Å². The normalized spacial score (nSPS) is 14.2. The van der Waals surface area contributed by atoms with E-state index in [0.717, 1.165) is 39.0 Å². The summed E-state index contributed by atoms with van der Waals surface area (Å²) >= 11 is 0. The van der Waals surface area contributed by atoms with E-state index in [1.807, 2.05) is 67.6 Å². The summed E-state index contributed by atoms with van der Waals surface area (Å²) in [5.41, 5.74) is 6.66. The van der Waals surface area contributed by atoms with E-state index in [2.05, 4.69) is 20.6 Å². The van der Waals surface area contributed by atoms with Gasteiger partial charge in [0, 0.05) is 22.4 Å². The monoisotopic (exact) mass is 373 g/mol. The molecule has 0 fully saturated rings. The van der Waals surface area contributed by atoms with Gasteiger partial charge in [0.2, 0.25) is 0 Å². The predicted octanol–water partition coefficient (Wildman–Crippen LogP) is 4.66. The molecule has 134 valence electrons. The van der Waals surface area contributed by atoms with Crippen LogP contribution in [0.5, 0.6) is 5.75 Å². The number of ether oxygens (including phenoxy) is 1. The third kappa shape index (κ3) is 3.27. The summed E-state index contributed by atoms with van der Waals surface area (Å²) in [6, 6.07) is 20.1. The minimum atomic E-state index is -0.0751. The molecule has 0 aliphatic carbocycles. The Morgan fingerprint density at radius 3 is 2.56 bits per heavy atom. The van der Waals surface area contributed by atoms with Gasteiger partial charge in [-0.25, -0.2) is 0 Å². The molecule has 1 aliphatic heterocycles. The molecule has 0 bridgehead atoms. The van der Waals surface area contributed by atoms with Crippen molar-refractivity contribution in [1.29, 1.82) is 0 Å². The molecule has 1 heterocycles. The number of fused-ring (bicyclic) bond motifs is 1. The van der Waals surface area contributed by atoms with E-state index in [-0.39, 0.29) is 5.91 Å². The predicted molar refractivity (Wildman–Crippen MR) is 115 cm³/mol. The molecule has 0 saturated heterocycles. The van der Waals surface area contributed by atoms with E-state index in [9.17, 15) is 4.79 Å². The molecule has 4 heteroatoms. The van der Waals surface area contributed by atoms with Crippen LogP contribution in [-0.4, -0.2) is 13.0 Å². The van der Waals surface area contributed by atoms with Crippen LogP contribution in [0.15, 0.2) is 60.7 Å². The molecule has 0 spiro atoms. The highest BCUT2D eigenvalue weighted by atomic mass is 31.0. The minimum Gasteiger partial charge on any atom is -0.496 e. The Morgan fingerprint density at radius 2 is 1.81 bits per heavy atom. The van der Waals surface area contributed by atoms with Crippen LogP contribution in [0, 0.1) is 6.92 Å². The fourth-order valence-corrected chi connectivity index (χ4v) is 3.76. The van der Waals surface area contributed by atoms with Crippen LogP contribution in [0.4, 0.5) is 5.69 Å². The van der Waals surface area contributed by atoms with Gasteiger partial charge in [0.15, 0.2) is 0 Å². The molecule has 3 aromatic rings. The zero-order chi connectivity index (χ0) is 19.0. The number of methoxy groups -OCH3 is 1. The maximum atomic E-state index is 12.5. The molecule has 1 unspecified atom stereocenters. The van der Waals surface area contributed by atoms with Crippen molar-refractivity contribution in [1.82, 2.24) is 0 Å². The number of carbonyl (C=O) groups excluding carboxylic acids is 1. The number of nitrogens with one attached hydrogen (secondary N) is 1. The molecule has 1 amide bonds. The number of anilines is 1. The van der Waals surface area contributed by atoms with E-state index >= 15 is 0 Å². The molecule has 0 saturated carbocycles. The van der Waals surface area contributed by atoms with Gasteiger partial charge in [0.25, 0.3) is 5.91 Å². The van der Waals surface area contributed by atoms with Crippen LogP contribution < -0.4 is 15.4 Å². The molecule has 3 nitrogen and oxygen atoms in total. The summed E-state index contributed by atoms with van der Waals surface area (Å²) in [5, 5.41) is 4.01. The highest BCUT2D eigenvalue weighted by Gasteiger charge is 2.25. The van der Waals surface area contributed by atoms with Crippen molar-refractivity contribution in [3.63, 3.8) is 0 Å². The lowest BCUT2D eigenvalue weighted by Crippen LogP contribution is -2.03. The third-order valence-corrected chi connectivity index (χ3v) is 5.24. The number of aryl methyl sites for hydroxylation is 1. The average molecular weight is 373 g/mol. The Labute approximate surface area is 161 Å². The van der Waals surface area contributed by atoms with Crippen LogP contribution in [0.3, 0.4) is 0 Å². The Hall–Kier alpha value is -2.90. The van der Waals surface area contributed by atoms with Gasteiger partial charge in [-0.15, -0.1) is 9.24 Å². The fraction of sp³-hybridized carbons (Fsp3) is 0.0870. The molecular formula is C23H20NO2P. The molecule has 1 atom stereocenters. The first-order valence-corrected chi connectivity index (χ1v) is 9.31. The smallest absolute Gasteiger partial charge is 0.256 e. The van der Waals surface area contributed by atoms with Crippen molar-refractivity contribution in [3.8, 4) is 16.9 Å². The molecule has 0 radical (unpaired) electrons. The lowest BCUT2D eigenvalue weighted by Gasteiger charge is -2.12. The number of rotatable bonds is 3. The Kier molecular flexibility index (Phi) is 4.55. The zero-order valence-electron chi connectivity index (χ0n) is 15.2. The van der Waals surface area contributed by atoms with Crippen LogP contribution in [0.25, 0.3) is 22.8 Å². The van der Waals surface area contributed by atoms with Crippen molar-refractivity contribution in [2.75, 3.05) is 12.4 Å². The van der Waals surface area contributed by atoms with Crippen molar-refractivity contribution < 1.29 is 9.53 Å². The summed E-state index contributed by atoms with van der Waals surface area (Å²) < 4.78 is 5.54. The number of amides is 1. The number of hydrogen-bond donors (Lipinski definition) is 1. The first-order valence-electron chi connectivity index (χ1n) is 8.74. The average Bonchev–Trinajstić information content (AvgIpc) is 2.98. The topological polar surface area (TPSA) is 38.3 Å². The van der Waals surface area contributed by atoms with Gasteiger partial charge in [-0.05, 0) is 47.6 Å². The van der Waals surface area contributed by atoms with Crippen molar-refractivity contribution in [3.05, 3.63) is 77.4 Å². The van der Waals surface area contributed by atoms with Gasteiger partial charge in [0.1, 0.15) is 5.75 Å². The maximum Gasteiger partial charge on any atom is 0.256 e. The summed E-state index contributed by atoms with van der Waals surface area (Å²) in [6.45, 7) is 2.05. The Bertz CT molecular complexity index is 1070. The van der Waals surface area contributed by atoms with E-state index in [4.69, 9.17) is 4.74 Å². The van der Waals surface area contributed by atoms with Gasteiger partial charge in [-0.3, -0.25) is 4.79 Å². The van der Waals surface area contributed by atoms with Gasteiger partial charge in [-0.1, -0.05) is 48.0 Å². The summed E-state index contributed by atoms with van der Waals surface area (Å²) in [5.74, 6) is 0.734. The minimum absolute atomic E-state index is 0.0751. The number of carbonyl (C=O) groups is 1. The quantitative estimate of drug-likeness (QED) is 0.535. The molecule has 27 heavy (non-hydrogen) atoms. The fourth-order valence-electron chi connectivity index (χ4n) is 3.34. The SMILES string of the molecule is COc1cccc(P)c1-c1ccc2c(c1)/C(=C\c1ccc(C)cc1)C(=O)N2.